The first kappa shape index (κ1) is 20.6. The number of pyridine rings is 1. The summed E-state index contributed by atoms with van der Waals surface area (Å²) in [5, 5.41) is 3.36. The van der Waals surface area contributed by atoms with Crippen LogP contribution in [0.1, 0.15) is 32.3 Å². The summed E-state index contributed by atoms with van der Waals surface area (Å²) in [5.74, 6) is 2.80. The van der Waals surface area contributed by atoms with Crippen molar-refractivity contribution >= 4 is 5.96 Å². The monoisotopic (exact) mass is 370 g/mol. The van der Waals surface area contributed by atoms with Gasteiger partial charge in [0.15, 0.2) is 17.5 Å². The van der Waals surface area contributed by atoms with E-state index < -0.39 is 0 Å². The summed E-state index contributed by atoms with van der Waals surface area (Å²) in [4.78, 5) is 10.9. The SMILES string of the molecule is CCCCN(C)C(=NC)NCc1ccc(Oc2ccccc2OCC)nc1. The standard InChI is InChI=1S/C21H30N4O2/c1-5-7-14-25(4)21(22-3)24-16-17-12-13-20(23-15-17)27-19-11-9-8-10-18(19)26-6-2/h8-13,15H,5-7,14,16H2,1-4H3,(H,22,24). The lowest BCUT2D eigenvalue weighted by atomic mass is 10.3. The Morgan fingerprint density at radius 1 is 1.15 bits per heavy atom. The van der Waals surface area contributed by atoms with Crippen molar-refractivity contribution in [3.05, 3.63) is 48.2 Å². The van der Waals surface area contributed by atoms with E-state index in [-0.39, 0.29) is 0 Å². The fraction of sp³-hybridized carbons (Fsp3) is 0.429. The average molecular weight is 370 g/mol. The lowest BCUT2D eigenvalue weighted by Crippen LogP contribution is -2.38. The number of benzene rings is 1. The molecule has 0 fully saturated rings. The van der Waals surface area contributed by atoms with Crippen LogP contribution in [0.4, 0.5) is 0 Å². The third-order valence-corrected chi connectivity index (χ3v) is 4.03. The number of nitrogens with one attached hydrogen (secondary N) is 1. The van der Waals surface area contributed by atoms with E-state index in [0.29, 0.717) is 30.5 Å². The molecule has 0 atom stereocenters. The average Bonchev–Trinajstić information content (AvgIpc) is 2.69. The number of para-hydroxylation sites is 2. The zero-order chi connectivity index (χ0) is 19.5. The van der Waals surface area contributed by atoms with Crippen LogP contribution in [0.3, 0.4) is 0 Å². The topological polar surface area (TPSA) is 59.0 Å². The van der Waals surface area contributed by atoms with Crippen molar-refractivity contribution in [2.24, 2.45) is 4.99 Å². The minimum absolute atomic E-state index is 0.537. The van der Waals surface area contributed by atoms with Crippen molar-refractivity contribution in [1.82, 2.24) is 15.2 Å². The van der Waals surface area contributed by atoms with Gasteiger partial charge in [0.2, 0.25) is 5.88 Å². The minimum atomic E-state index is 0.537. The van der Waals surface area contributed by atoms with Gasteiger partial charge in [-0.25, -0.2) is 4.98 Å². The lowest BCUT2D eigenvalue weighted by molar-refractivity contribution is 0.319. The number of unbranched alkanes of at least 4 members (excludes halogenated alkanes) is 1. The third-order valence-electron chi connectivity index (χ3n) is 4.03. The smallest absolute Gasteiger partial charge is 0.219 e. The minimum Gasteiger partial charge on any atom is -0.490 e. The maximum atomic E-state index is 5.86. The van der Waals surface area contributed by atoms with E-state index in [9.17, 15) is 0 Å². The molecule has 2 rings (SSSR count). The second kappa shape index (κ2) is 11.1. The van der Waals surface area contributed by atoms with Gasteiger partial charge in [0, 0.05) is 39.4 Å². The quantitative estimate of drug-likeness (QED) is 0.532. The number of hydrogen-bond donors (Lipinski definition) is 1. The van der Waals surface area contributed by atoms with Crippen LogP contribution in [-0.4, -0.2) is 43.1 Å². The molecule has 0 spiro atoms. The first-order valence-electron chi connectivity index (χ1n) is 9.44. The number of hydrogen-bond acceptors (Lipinski definition) is 4. The van der Waals surface area contributed by atoms with E-state index in [1.54, 1.807) is 7.05 Å². The molecule has 0 aliphatic carbocycles. The van der Waals surface area contributed by atoms with E-state index in [2.05, 4.69) is 34.2 Å². The largest absolute Gasteiger partial charge is 0.490 e. The van der Waals surface area contributed by atoms with Crippen molar-refractivity contribution in [3.63, 3.8) is 0 Å². The zero-order valence-electron chi connectivity index (χ0n) is 16.7. The maximum absolute atomic E-state index is 5.86. The number of nitrogens with zero attached hydrogens (tertiary/aromatic N) is 3. The van der Waals surface area contributed by atoms with Crippen LogP contribution in [0.15, 0.2) is 47.6 Å². The van der Waals surface area contributed by atoms with Gasteiger partial charge in [-0.15, -0.1) is 0 Å². The Morgan fingerprint density at radius 2 is 1.93 bits per heavy atom. The summed E-state index contributed by atoms with van der Waals surface area (Å²) in [6.45, 7) is 6.37. The maximum Gasteiger partial charge on any atom is 0.219 e. The van der Waals surface area contributed by atoms with Crippen LogP contribution in [-0.2, 0) is 6.54 Å². The van der Waals surface area contributed by atoms with Gasteiger partial charge in [-0.1, -0.05) is 31.5 Å². The van der Waals surface area contributed by atoms with Crippen LogP contribution in [0.5, 0.6) is 17.4 Å². The van der Waals surface area contributed by atoms with Crippen molar-refractivity contribution < 1.29 is 9.47 Å². The first-order valence-corrected chi connectivity index (χ1v) is 9.44. The van der Waals surface area contributed by atoms with Gasteiger partial charge in [0.05, 0.1) is 6.61 Å². The highest BCUT2D eigenvalue weighted by Crippen LogP contribution is 2.30. The van der Waals surface area contributed by atoms with E-state index in [1.807, 2.05) is 49.5 Å². The Kier molecular flexibility index (Phi) is 8.42. The Hall–Kier alpha value is -2.76. The van der Waals surface area contributed by atoms with Gasteiger partial charge < -0.3 is 19.7 Å². The summed E-state index contributed by atoms with van der Waals surface area (Å²) in [5.41, 5.74) is 1.06. The molecule has 6 nitrogen and oxygen atoms in total. The number of aliphatic imine (C=N–C) groups is 1. The highest BCUT2D eigenvalue weighted by molar-refractivity contribution is 5.79. The molecule has 0 bridgehead atoms. The summed E-state index contributed by atoms with van der Waals surface area (Å²) in [7, 11) is 3.85. The van der Waals surface area contributed by atoms with Crippen LogP contribution in [0.2, 0.25) is 0 Å². The van der Waals surface area contributed by atoms with E-state index in [4.69, 9.17) is 9.47 Å². The molecule has 6 heteroatoms. The summed E-state index contributed by atoms with van der Waals surface area (Å²) in [6, 6.07) is 11.5. The first-order chi connectivity index (χ1) is 13.2. The molecule has 1 heterocycles. The summed E-state index contributed by atoms with van der Waals surface area (Å²) < 4.78 is 11.4. The fourth-order valence-electron chi connectivity index (χ4n) is 2.56. The lowest BCUT2D eigenvalue weighted by Gasteiger charge is -2.21. The van der Waals surface area contributed by atoms with Gasteiger partial charge >= 0.3 is 0 Å². The molecule has 27 heavy (non-hydrogen) atoms. The third kappa shape index (κ3) is 6.47. The Bertz CT molecular complexity index is 716. The van der Waals surface area contributed by atoms with Crippen LogP contribution >= 0.6 is 0 Å². The molecule has 1 aromatic heterocycles. The van der Waals surface area contributed by atoms with Gasteiger partial charge in [0.1, 0.15) is 0 Å². The number of rotatable bonds is 9. The molecule has 2 aromatic rings. The molecule has 1 aromatic carbocycles. The summed E-state index contributed by atoms with van der Waals surface area (Å²) in [6.07, 6.45) is 4.12. The van der Waals surface area contributed by atoms with Crippen LogP contribution < -0.4 is 14.8 Å². The number of guanidine groups is 1. The van der Waals surface area contributed by atoms with Gasteiger partial charge in [-0.05, 0) is 31.0 Å². The molecule has 0 saturated heterocycles. The molecular weight excluding hydrogens is 340 g/mol. The number of aromatic nitrogens is 1. The van der Waals surface area contributed by atoms with Crippen molar-refractivity contribution in [2.45, 2.75) is 33.2 Å². The van der Waals surface area contributed by atoms with E-state index in [0.717, 1.165) is 24.5 Å². The Balaban J connectivity index is 1.93. The molecule has 0 unspecified atom stereocenters. The van der Waals surface area contributed by atoms with E-state index in [1.165, 1.54) is 6.42 Å². The van der Waals surface area contributed by atoms with Gasteiger partial charge in [0.25, 0.3) is 0 Å². The predicted molar refractivity (Wildman–Crippen MR) is 110 cm³/mol. The highest BCUT2D eigenvalue weighted by Gasteiger charge is 2.07. The van der Waals surface area contributed by atoms with Crippen molar-refractivity contribution in [2.75, 3.05) is 27.2 Å². The molecule has 146 valence electrons. The molecular formula is C21H30N4O2. The molecule has 0 radical (unpaired) electrons. The van der Waals surface area contributed by atoms with E-state index >= 15 is 0 Å². The normalized spacial score (nSPS) is 11.2. The molecule has 0 aliphatic rings. The zero-order valence-corrected chi connectivity index (χ0v) is 16.7. The predicted octanol–water partition coefficient (Wildman–Crippen LogP) is 4.08. The van der Waals surface area contributed by atoms with Crippen LogP contribution in [0.25, 0.3) is 0 Å². The second-order valence-electron chi connectivity index (χ2n) is 6.16. The van der Waals surface area contributed by atoms with Crippen LogP contribution in [0, 0.1) is 0 Å². The van der Waals surface area contributed by atoms with Gasteiger partial charge in [-0.3, -0.25) is 4.99 Å². The number of ether oxygens (including phenoxy) is 2. The summed E-state index contributed by atoms with van der Waals surface area (Å²) >= 11 is 0. The Morgan fingerprint density at radius 3 is 2.56 bits per heavy atom. The fourth-order valence-corrected chi connectivity index (χ4v) is 2.56. The molecule has 1 N–H and O–H groups in total. The van der Waals surface area contributed by atoms with Crippen molar-refractivity contribution in [3.8, 4) is 17.4 Å². The molecule has 0 saturated carbocycles. The van der Waals surface area contributed by atoms with Gasteiger partial charge in [-0.2, -0.15) is 0 Å². The highest BCUT2D eigenvalue weighted by atomic mass is 16.5. The second-order valence-corrected chi connectivity index (χ2v) is 6.16. The Labute approximate surface area is 162 Å². The molecule has 0 amide bonds. The molecule has 0 aliphatic heterocycles. The van der Waals surface area contributed by atoms with Crippen molar-refractivity contribution in [1.29, 1.82) is 0 Å².